The normalized spacial score (nSPS) is 12.9. The Hall–Kier alpha value is -1.23. The molecule has 0 amide bonds. The molecular weight excluding hydrogens is 230 g/mol. The van der Waals surface area contributed by atoms with Crippen LogP contribution in [0, 0.1) is 0 Å². The van der Waals surface area contributed by atoms with Crippen molar-refractivity contribution in [2.75, 3.05) is 13.6 Å². The van der Waals surface area contributed by atoms with Crippen molar-refractivity contribution >= 4 is 11.3 Å². The molecule has 17 heavy (non-hydrogen) atoms. The van der Waals surface area contributed by atoms with Crippen LogP contribution >= 0.6 is 11.3 Å². The maximum absolute atomic E-state index is 5.87. The summed E-state index contributed by atoms with van der Waals surface area (Å²) in [6.07, 6.45) is 3.70. The smallest absolute Gasteiger partial charge is 0.0564 e. The molecule has 0 aliphatic carbocycles. The fourth-order valence-electron chi connectivity index (χ4n) is 1.88. The van der Waals surface area contributed by atoms with Gasteiger partial charge in [0.1, 0.15) is 0 Å². The first-order chi connectivity index (χ1) is 8.31. The van der Waals surface area contributed by atoms with Gasteiger partial charge in [-0.2, -0.15) is 0 Å². The highest BCUT2D eigenvalue weighted by Gasteiger charge is 2.16. The van der Waals surface area contributed by atoms with Crippen LogP contribution in [-0.4, -0.2) is 23.5 Å². The Morgan fingerprint density at radius 2 is 2.29 bits per heavy atom. The SMILES string of the molecule is CN(Cc1cccnc1)C(CN)c1cccs1. The first-order valence-electron chi connectivity index (χ1n) is 5.64. The topological polar surface area (TPSA) is 42.2 Å². The first kappa shape index (κ1) is 12.2. The van der Waals surface area contributed by atoms with Gasteiger partial charge in [-0.05, 0) is 30.1 Å². The van der Waals surface area contributed by atoms with E-state index in [1.165, 1.54) is 10.4 Å². The van der Waals surface area contributed by atoms with Crippen molar-refractivity contribution in [3.05, 3.63) is 52.5 Å². The van der Waals surface area contributed by atoms with E-state index < -0.39 is 0 Å². The summed E-state index contributed by atoms with van der Waals surface area (Å²) in [7, 11) is 2.10. The van der Waals surface area contributed by atoms with Crippen LogP contribution in [0.4, 0.5) is 0 Å². The van der Waals surface area contributed by atoms with E-state index in [4.69, 9.17) is 5.73 Å². The molecule has 1 atom stereocenters. The molecular formula is C13H17N3S. The highest BCUT2D eigenvalue weighted by molar-refractivity contribution is 7.10. The van der Waals surface area contributed by atoms with Crippen LogP contribution in [-0.2, 0) is 6.54 Å². The molecule has 0 saturated carbocycles. The molecule has 90 valence electrons. The highest BCUT2D eigenvalue weighted by atomic mass is 32.1. The van der Waals surface area contributed by atoms with Crippen molar-refractivity contribution in [3.63, 3.8) is 0 Å². The average Bonchev–Trinajstić information content (AvgIpc) is 2.85. The van der Waals surface area contributed by atoms with Crippen molar-refractivity contribution in [1.29, 1.82) is 0 Å². The summed E-state index contributed by atoms with van der Waals surface area (Å²) in [6, 6.07) is 8.55. The summed E-state index contributed by atoms with van der Waals surface area (Å²) < 4.78 is 0. The summed E-state index contributed by atoms with van der Waals surface area (Å²) in [4.78, 5) is 7.72. The van der Waals surface area contributed by atoms with Crippen LogP contribution < -0.4 is 5.73 Å². The second kappa shape index (κ2) is 5.91. The van der Waals surface area contributed by atoms with Gasteiger partial charge < -0.3 is 5.73 Å². The van der Waals surface area contributed by atoms with Gasteiger partial charge in [0.25, 0.3) is 0 Å². The third-order valence-electron chi connectivity index (χ3n) is 2.78. The van der Waals surface area contributed by atoms with Crippen LogP contribution in [0.3, 0.4) is 0 Å². The Kier molecular flexibility index (Phi) is 4.25. The summed E-state index contributed by atoms with van der Waals surface area (Å²) >= 11 is 1.76. The molecule has 1 unspecified atom stereocenters. The third-order valence-corrected chi connectivity index (χ3v) is 3.76. The minimum atomic E-state index is 0.287. The van der Waals surface area contributed by atoms with Gasteiger partial charge in [-0.25, -0.2) is 0 Å². The van der Waals surface area contributed by atoms with Crippen molar-refractivity contribution in [3.8, 4) is 0 Å². The van der Waals surface area contributed by atoms with Crippen LogP contribution in [0.5, 0.6) is 0 Å². The number of nitrogens with two attached hydrogens (primary N) is 1. The van der Waals surface area contributed by atoms with E-state index in [0.29, 0.717) is 6.54 Å². The second-order valence-corrected chi connectivity index (χ2v) is 5.02. The van der Waals surface area contributed by atoms with Crippen molar-refractivity contribution in [2.45, 2.75) is 12.6 Å². The van der Waals surface area contributed by atoms with Crippen LogP contribution in [0.1, 0.15) is 16.5 Å². The van der Waals surface area contributed by atoms with Crippen LogP contribution in [0.25, 0.3) is 0 Å². The molecule has 2 aromatic rings. The average molecular weight is 247 g/mol. The van der Waals surface area contributed by atoms with Crippen LogP contribution in [0.2, 0.25) is 0 Å². The molecule has 0 spiro atoms. The molecule has 0 saturated heterocycles. The lowest BCUT2D eigenvalue weighted by Crippen LogP contribution is -2.29. The molecule has 3 nitrogen and oxygen atoms in total. The second-order valence-electron chi connectivity index (χ2n) is 4.04. The molecule has 0 radical (unpaired) electrons. The molecule has 4 heteroatoms. The van der Waals surface area contributed by atoms with Gasteiger partial charge in [0.05, 0.1) is 6.04 Å². The maximum atomic E-state index is 5.87. The highest BCUT2D eigenvalue weighted by Crippen LogP contribution is 2.24. The predicted octanol–water partition coefficient (Wildman–Crippen LogP) is 2.27. The molecule has 2 aromatic heterocycles. The summed E-state index contributed by atoms with van der Waals surface area (Å²) in [6.45, 7) is 1.50. The molecule has 0 fully saturated rings. The van der Waals surface area contributed by atoms with Gasteiger partial charge in [0, 0.05) is 30.4 Å². The number of hydrogen-bond donors (Lipinski definition) is 1. The molecule has 2 heterocycles. The van der Waals surface area contributed by atoms with E-state index in [2.05, 4.69) is 40.5 Å². The number of likely N-dealkylation sites (N-methyl/N-ethyl adjacent to an activating group) is 1. The molecule has 2 N–H and O–H groups in total. The van der Waals surface area contributed by atoms with E-state index >= 15 is 0 Å². The monoisotopic (exact) mass is 247 g/mol. The lowest BCUT2D eigenvalue weighted by atomic mass is 10.2. The Morgan fingerprint density at radius 1 is 1.41 bits per heavy atom. The fraction of sp³-hybridized carbons (Fsp3) is 0.308. The molecule has 2 rings (SSSR count). The zero-order valence-electron chi connectivity index (χ0n) is 9.91. The number of nitrogens with zero attached hydrogens (tertiary/aromatic N) is 2. The van der Waals surface area contributed by atoms with Gasteiger partial charge in [-0.1, -0.05) is 12.1 Å². The Balaban J connectivity index is 2.06. The standard InChI is InChI=1S/C13H17N3S/c1-16(10-11-4-2-6-15-9-11)12(8-14)13-5-3-7-17-13/h2-7,9,12H,8,10,14H2,1H3. The zero-order chi connectivity index (χ0) is 12.1. The van der Waals surface area contributed by atoms with Crippen molar-refractivity contribution < 1.29 is 0 Å². The van der Waals surface area contributed by atoms with Gasteiger partial charge >= 0.3 is 0 Å². The van der Waals surface area contributed by atoms with Crippen LogP contribution in [0.15, 0.2) is 42.0 Å². The Labute approximate surface area is 106 Å². The Bertz CT molecular complexity index is 427. The predicted molar refractivity (Wildman–Crippen MR) is 71.8 cm³/mol. The van der Waals surface area contributed by atoms with Gasteiger partial charge in [-0.15, -0.1) is 11.3 Å². The summed E-state index contributed by atoms with van der Waals surface area (Å²) in [5.41, 5.74) is 7.08. The number of thiophene rings is 1. The number of rotatable bonds is 5. The fourth-order valence-corrected chi connectivity index (χ4v) is 2.79. The van der Waals surface area contributed by atoms with Gasteiger partial charge in [-0.3, -0.25) is 9.88 Å². The largest absolute Gasteiger partial charge is 0.329 e. The van der Waals surface area contributed by atoms with E-state index in [-0.39, 0.29) is 6.04 Å². The minimum absolute atomic E-state index is 0.287. The molecule has 0 aliphatic rings. The lowest BCUT2D eigenvalue weighted by Gasteiger charge is -2.25. The maximum Gasteiger partial charge on any atom is 0.0564 e. The number of aromatic nitrogens is 1. The van der Waals surface area contributed by atoms with Crippen molar-refractivity contribution in [1.82, 2.24) is 9.88 Å². The zero-order valence-corrected chi connectivity index (χ0v) is 10.7. The van der Waals surface area contributed by atoms with Gasteiger partial charge in [0.2, 0.25) is 0 Å². The minimum Gasteiger partial charge on any atom is -0.329 e. The first-order valence-corrected chi connectivity index (χ1v) is 6.52. The molecule has 0 bridgehead atoms. The molecule has 0 aromatic carbocycles. The van der Waals surface area contributed by atoms with Crippen molar-refractivity contribution in [2.24, 2.45) is 5.73 Å². The summed E-state index contributed by atoms with van der Waals surface area (Å²) in [5, 5.41) is 2.09. The number of hydrogen-bond acceptors (Lipinski definition) is 4. The third kappa shape index (κ3) is 3.12. The van der Waals surface area contributed by atoms with E-state index in [0.717, 1.165) is 6.54 Å². The van der Waals surface area contributed by atoms with E-state index in [1.807, 2.05) is 12.3 Å². The van der Waals surface area contributed by atoms with E-state index in [9.17, 15) is 0 Å². The number of pyridine rings is 1. The molecule has 0 aliphatic heterocycles. The quantitative estimate of drug-likeness (QED) is 0.881. The Morgan fingerprint density at radius 3 is 2.88 bits per heavy atom. The lowest BCUT2D eigenvalue weighted by molar-refractivity contribution is 0.245. The van der Waals surface area contributed by atoms with Gasteiger partial charge in [0.15, 0.2) is 0 Å². The summed E-state index contributed by atoms with van der Waals surface area (Å²) in [5.74, 6) is 0. The van der Waals surface area contributed by atoms with E-state index in [1.54, 1.807) is 17.5 Å².